The predicted molar refractivity (Wildman–Crippen MR) is 70.2 cm³/mol. The maximum Gasteiger partial charge on any atom is 0.446 e. The van der Waals surface area contributed by atoms with Gasteiger partial charge in [0.05, 0.1) is 24.7 Å². The number of esters is 1. The number of hydrogen-bond acceptors (Lipinski definition) is 4. The van der Waals surface area contributed by atoms with Crippen LogP contribution in [0.3, 0.4) is 0 Å². The van der Waals surface area contributed by atoms with Gasteiger partial charge >= 0.3 is 11.5 Å². The van der Waals surface area contributed by atoms with Crippen LogP contribution in [0.15, 0.2) is 17.0 Å². The third-order valence-electron chi connectivity index (χ3n) is 2.50. The molecule has 1 rings (SSSR count). The fourth-order valence-electron chi connectivity index (χ4n) is 1.78. The number of alkyl halides is 3. The highest BCUT2D eigenvalue weighted by molar-refractivity contribution is 8.00. The molecule has 0 aliphatic rings. The second-order valence-corrected chi connectivity index (χ2v) is 5.06. The summed E-state index contributed by atoms with van der Waals surface area (Å²) in [6.07, 6.45) is 1.23. The summed E-state index contributed by atoms with van der Waals surface area (Å²) >= 11 is -0.299. The minimum absolute atomic E-state index is 0.0866. The highest BCUT2D eigenvalue weighted by atomic mass is 32.2. The molecule has 0 heterocycles. The molecular formula is C13H15F3O3S. The Kier molecular flexibility index (Phi) is 5.74. The van der Waals surface area contributed by atoms with Crippen molar-refractivity contribution < 1.29 is 27.4 Å². The summed E-state index contributed by atoms with van der Waals surface area (Å²) in [5.74, 6) is -0.518. The molecule has 0 aromatic heterocycles. The lowest BCUT2D eigenvalue weighted by molar-refractivity contribution is -0.0329. The van der Waals surface area contributed by atoms with E-state index in [0.29, 0.717) is 12.0 Å². The Morgan fingerprint density at radius 2 is 1.95 bits per heavy atom. The number of benzene rings is 1. The smallest absolute Gasteiger partial charge is 0.446 e. The van der Waals surface area contributed by atoms with E-state index in [1.54, 1.807) is 0 Å². The van der Waals surface area contributed by atoms with Gasteiger partial charge in [-0.25, -0.2) is 4.79 Å². The Bertz CT molecular complexity index is 486. The summed E-state index contributed by atoms with van der Waals surface area (Å²) in [4.78, 5) is 11.4. The number of carbonyl (C=O) groups excluding carboxylic acids is 1. The van der Waals surface area contributed by atoms with Crippen molar-refractivity contribution in [3.8, 4) is 5.75 Å². The largest absolute Gasteiger partial charge is 0.495 e. The molecule has 0 aliphatic heterocycles. The molecular weight excluding hydrogens is 293 g/mol. The first-order valence-corrected chi connectivity index (χ1v) is 6.69. The van der Waals surface area contributed by atoms with Crippen molar-refractivity contribution in [1.29, 1.82) is 0 Å². The average Bonchev–Trinajstić information content (AvgIpc) is 2.36. The average molecular weight is 308 g/mol. The lowest BCUT2D eigenvalue weighted by Crippen LogP contribution is -2.07. The zero-order valence-corrected chi connectivity index (χ0v) is 12.2. The number of rotatable bonds is 5. The summed E-state index contributed by atoms with van der Waals surface area (Å²) in [6, 6.07) is 2.65. The Morgan fingerprint density at radius 1 is 1.30 bits per heavy atom. The van der Waals surface area contributed by atoms with Crippen LogP contribution in [-0.4, -0.2) is 25.7 Å². The minimum atomic E-state index is -4.45. The first-order valence-electron chi connectivity index (χ1n) is 5.87. The zero-order valence-electron chi connectivity index (χ0n) is 11.3. The zero-order chi connectivity index (χ0) is 15.3. The van der Waals surface area contributed by atoms with E-state index in [-0.39, 0.29) is 28.0 Å². The molecule has 3 nitrogen and oxygen atoms in total. The second kappa shape index (κ2) is 6.88. The lowest BCUT2D eigenvalue weighted by Gasteiger charge is -2.15. The van der Waals surface area contributed by atoms with Crippen molar-refractivity contribution in [1.82, 2.24) is 0 Å². The van der Waals surface area contributed by atoms with Gasteiger partial charge in [-0.1, -0.05) is 13.3 Å². The quantitative estimate of drug-likeness (QED) is 0.607. The monoisotopic (exact) mass is 308 g/mol. The fraction of sp³-hybridized carbons (Fsp3) is 0.462. The van der Waals surface area contributed by atoms with Gasteiger partial charge in [0.2, 0.25) is 0 Å². The molecule has 0 fully saturated rings. The standard InChI is InChI=1S/C13H15F3O3S/c1-4-5-8-6-9(12(17)19-3)7-10(11(8)18-2)20-13(14,15)16/h6-7H,4-5H2,1-3H3. The Balaban J connectivity index is 3.36. The topological polar surface area (TPSA) is 35.5 Å². The Morgan fingerprint density at radius 3 is 2.40 bits per heavy atom. The van der Waals surface area contributed by atoms with Crippen LogP contribution >= 0.6 is 11.8 Å². The lowest BCUT2D eigenvalue weighted by atomic mass is 10.1. The number of halogens is 3. The van der Waals surface area contributed by atoms with Gasteiger partial charge in [0.25, 0.3) is 0 Å². The molecule has 0 aliphatic carbocycles. The fourth-order valence-corrected chi connectivity index (χ4v) is 2.53. The summed E-state index contributed by atoms with van der Waals surface area (Å²) in [5, 5.41) is 0. The van der Waals surface area contributed by atoms with Crippen LogP contribution in [0.4, 0.5) is 13.2 Å². The maximum atomic E-state index is 12.6. The van der Waals surface area contributed by atoms with E-state index in [9.17, 15) is 18.0 Å². The van der Waals surface area contributed by atoms with Crippen LogP contribution in [0.5, 0.6) is 5.75 Å². The van der Waals surface area contributed by atoms with Gasteiger partial charge < -0.3 is 9.47 Å². The first kappa shape index (κ1) is 16.7. The molecule has 0 radical (unpaired) electrons. The van der Waals surface area contributed by atoms with E-state index < -0.39 is 11.5 Å². The first-order chi connectivity index (χ1) is 9.32. The molecule has 0 bridgehead atoms. The van der Waals surface area contributed by atoms with E-state index in [1.807, 2.05) is 6.92 Å². The SMILES string of the molecule is CCCc1cc(C(=O)OC)cc(SC(F)(F)F)c1OC. The summed E-state index contributed by atoms with van der Waals surface area (Å²) in [6.45, 7) is 1.89. The summed E-state index contributed by atoms with van der Waals surface area (Å²) < 4.78 is 47.4. The number of aryl methyl sites for hydroxylation is 1. The van der Waals surface area contributed by atoms with Crippen LogP contribution in [0.2, 0.25) is 0 Å². The number of ether oxygens (including phenoxy) is 2. The van der Waals surface area contributed by atoms with Crippen molar-refractivity contribution in [2.75, 3.05) is 14.2 Å². The van der Waals surface area contributed by atoms with Gasteiger partial charge in [0, 0.05) is 0 Å². The number of thioether (sulfide) groups is 1. The highest BCUT2D eigenvalue weighted by Gasteiger charge is 2.32. The van der Waals surface area contributed by atoms with Crippen molar-refractivity contribution >= 4 is 17.7 Å². The molecule has 0 unspecified atom stereocenters. The summed E-state index contributed by atoms with van der Waals surface area (Å²) in [7, 11) is 2.50. The second-order valence-electron chi connectivity index (χ2n) is 3.96. The van der Waals surface area contributed by atoms with Crippen LogP contribution in [0.25, 0.3) is 0 Å². The molecule has 112 valence electrons. The van der Waals surface area contributed by atoms with Gasteiger partial charge in [0.1, 0.15) is 5.75 Å². The van der Waals surface area contributed by atoms with E-state index in [4.69, 9.17) is 4.74 Å². The van der Waals surface area contributed by atoms with Crippen molar-refractivity contribution in [3.05, 3.63) is 23.3 Å². The maximum absolute atomic E-state index is 12.6. The van der Waals surface area contributed by atoms with Gasteiger partial charge in [-0.15, -0.1) is 0 Å². The van der Waals surface area contributed by atoms with Crippen LogP contribution in [0, 0.1) is 0 Å². The minimum Gasteiger partial charge on any atom is -0.495 e. The number of methoxy groups -OCH3 is 2. The molecule has 0 saturated heterocycles. The third kappa shape index (κ3) is 4.33. The predicted octanol–water partition coefficient (Wildman–Crippen LogP) is 4.05. The number of hydrogen-bond donors (Lipinski definition) is 0. The molecule has 0 spiro atoms. The Labute approximate surface area is 119 Å². The van der Waals surface area contributed by atoms with E-state index in [0.717, 1.165) is 12.5 Å². The molecule has 0 atom stereocenters. The van der Waals surface area contributed by atoms with Gasteiger partial charge in [-0.05, 0) is 35.9 Å². The molecule has 20 heavy (non-hydrogen) atoms. The van der Waals surface area contributed by atoms with Crippen LogP contribution in [-0.2, 0) is 11.2 Å². The van der Waals surface area contributed by atoms with E-state index in [1.165, 1.54) is 20.3 Å². The van der Waals surface area contributed by atoms with Gasteiger partial charge in [-0.3, -0.25) is 0 Å². The summed E-state index contributed by atoms with van der Waals surface area (Å²) in [5.41, 5.74) is -3.81. The normalized spacial score (nSPS) is 11.3. The third-order valence-corrected chi connectivity index (χ3v) is 3.26. The van der Waals surface area contributed by atoms with E-state index >= 15 is 0 Å². The van der Waals surface area contributed by atoms with Crippen molar-refractivity contribution in [2.24, 2.45) is 0 Å². The molecule has 0 N–H and O–H groups in total. The van der Waals surface area contributed by atoms with Crippen molar-refractivity contribution in [2.45, 2.75) is 30.2 Å². The van der Waals surface area contributed by atoms with E-state index in [2.05, 4.69) is 4.74 Å². The van der Waals surface area contributed by atoms with Crippen molar-refractivity contribution in [3.63, 3.8) is 0 Å². The molecule has 1 aromatic rings. The van der Waals surface area contributed by atoms with Gasteiger partial charge in [-0.2, -0.15) is 13.2 Å². The number of carbonyl (C=O) groups is 1. The molecule has 0 amide bonds. The van der Waals surface area contributed by atoms with Crippen LogP contribution in [0.1, 0.15) is 29.3 Å². The van der Waals surface area contributed by atoms with Gasteiger partial charge in [0.15, 0.2) is 0 Å². The Hall–Kier alpha value is -1.37. The molecule has 1 aromatic carbocycles. The highest BCUT2D eigenvalue weighted by Crippen LogP contribution is 2.43. The molecule has 0 saturated carbocycles. The van der Waals surface area contributed by atoms with Crippen LogP contribution < -0.4 is 4.74 Å². The molecule has 7 heteroatoms.